The van der Waals surface area contributed by atoms with E-state index in [4.69, 9.17) is 18.9 Å². The third kappa shape index (κ3) is 4.81. The molecule has 2 aromatic rings. The molecule has 4 nitrogen and oxygen atoms in total. The third-order valence-corrected chi connectivity index (χ3v) is 4.16. The van der Waals surface area contributed by atoms with E-state index in [-0.39, 0.29) is 6.10 Å². The summed E-state index contributed by atoms with van der Waals surface area (Å²) in [7, 11) is 4.91. The standard InChI is InChI=1S/C21H28O4/c1-6-7-8-15(2)25-17-11-9-16(10-12-17)21-19(23-4)13-18(22-3)14-20(21)24-5/h9-15H,6-8H2,1-5H3. The lowest BCUT2D eigenvalue weighted by Crippen LogP contribution is -2.11. The van der Waals surface area contributed by atoms with E-state index in [9.17, 15) is 0 Å². The first-order valence-corrected chi connectivity index (χ1v) is 8.70. The molecular weight excluding hydrogens is 316 g/mol. The van der Waals surface area contributed by atoms with Gasteiger partial charge in [-0.2, -0.15) is 0 Å². The first-order valence-electron chi connectivity index (χ1n) is 8.70. The van der Waals surface area contributed by atoms with Gasteiger partial charge in [0.05, 0.1) is 33.0 Å². The minimum Gasteiger partial charge on any atom is -0.496 e. The Morgan fingerprint density at radius 3 is 1.92 bits per heavy atom. The van der Waals surface area contributed by atoms with Crippen molar-refractivity contribution in [2.45, 2.75) is 39.2 Å². The summed E-state index contributed by atoms with van der Waals surface area (Å²) in [4.78, 5) is 0. The van der Waals surface area contributed by atoms with Gasteiger partial charge in [0.2, 0.25) is 0 Å². The molecule has 0 aliphatic rings. The molecule has 2 aromatic carbocycles. The molecule has 4 heteroatoms. The van der Waals surface area contributed by atoms with Gasteiger partial charge in [0.15, 0.2) is 0 Å². The fourth-order valence-corrected chi connectivity index (χ4v) is 2.77. The smallest absolute Gasteiger partial charge is 0.134 e. The molecule has 0 heterocycles. The Hall–Kier alpha value is -2.36. The number of ether oxygens (including phenoxy) is 4. The molecule has 1 atom stereocenters. The van der Waals surface area contributed by atoms with Gasteiger partial charge in [-0.1, -0.05) is 31.9 Å². The summed E-state index contributed by atoms with van der Waals surface area (Å²) in [6.07, 6.45) is 3.65. The van der Waals surface area contributed by atoms with Gasteiger partial charge in [0, 0.05) is 12.1 Å². The molecular formula is C21H28O4. The maximum Gasteiger partial charge on any atom is 0.134 e. The van der Waals surface area contributed by atoms with E-state index in [1.54, 1.807) is 21.3 Å². The Balaban J connectivity index is 2.27. The van der Waals surface area contributed by atoms with Crippen LogP contribution in [0.4, 0.5) is 0 Å². The summed E-state index contributed by atoms with van der Waals surface area (Å²) in [5, 5.41) is 0. The lowest BCUT2D eigenvalue weighted by molar-refractivity contribution is 0.207. The predicted octanol–water partition coefficient (Wildman–Crippen LogP) is 5.34. The van der Waals surface area contributed by atoms with E-state index in [2.05, 4.69) is 13.8 Å². The van der Waals surface area contributed by atoms with E-state index in [1.165, 1.54) is 12.8 Å². The zero-order valence-electron chi connectivity index (χ0n) is 15.8. The summed E-state index contributed by atoms with van der Waals surface area (Å²) in [6, 6.07) is 11.7. The zero-order valence-corrected chi connectivity index (χ0v) is 15.8. The zero-order chi connectivity index (χ0) is 18.2. The number of rotatable bonds is 9. The molecule has 1 unspecified atom stereocenters. The highest BCUT2D eigenvalue weighted by Crippen LogP contribution is 2.42. The van der Waals surface area contributed by atoms with Gasteiger partial charge in [-0.25, -0.2) is 0 Å². The normalized spacial score (nSPS) is 11.7. The maximum atomic E-state index is 5.97. The minimum atomic E-state index is 0.218. The van der Waals surface area contributed by atoms with Crippen LogP contribution in [0.15, 0.2) is 36.4 Å². The molecule has 25 heavy (non-hydrogen) atoms. The maximum absolute atomic E-state index is 5.97. The van der Waals surface area contributed by atoms with Crippen molar-refractivity contribution in [3.8, 4) is 34.1 Å². The van der Waals surface area contributed by atoms with E-state index >= 15 is 0 Å². The summed E-state index contributed by atoms with van der Waals surface area (Å²) < 4.78 is 22.3. The van der Waals surface area contributed by atoms with Crippen molar-refractivity contribution in [3.05, 3.63) is 36.4 Å². The van der Waals surface area contributed by atoms with Crippen LogP contribution in [0.1, 0.15) is 33.1 Å². The van der Waals surface area contributed by atoms with Gasteiger partial charge in [-0.15, -0.1) is 0 Å². The molecule has 0 N–H and O–H groups in total. The Kier molecular flexibility index (Phi) is 6.99. The summed E-state index contributed by atoms with van der Waals surface area (Å²) in [5.41, 5.74) is 1.90. The molecule has 0 aliphatic carbocycles. The third-order valence-electron chi connectivity index (χ3n) is 4.16. The molecule has 0 saturated heterocycles. The summed E-state index contributed by atoms with van der Waals surface area (Å²) in [6.45, 7) is 4.30. The second-order valence-corrected chi connectivity index (χ2v) is 6.00. The molecule has 0 radical (unpaired) electrons. The van der Waals surface area contributed by atoms with Crippen molar-refractivity contribution in [2.75, 3.05) is 21.3 Å². The van der Waals surface area contributed by atoms with Gasteiger partial charge < -0.3 is 18.9 Å². The van der Waals surface area contributed by atoms with E-state index in [1.807, 2.05) is 36.4 Å². The van der Waals surface area contributed by atoms with Crippen molar-refractivity contribution in [1.29, 1.82) is 0 Å². The van der Waals surface area contributed by atoms with Crippen LogP contribution in [0.25, 0.3) is 11.1 Å². The minimum absolute atomic E-state index is 0.218. The van der Waals surface area contributed by atoms with E-state index in [0.717, 1.165) is 23.3 Å². The Morgan fingerprint density at radius 1 is 0.840 bits per heavy atom. The summed E-state index contributed by atoms with van der Waals surface area (Å²) >= 11 is 0. The number of hydrogen-bond donors (Lipinski definition) is 0. The van der Waals surface area contributed by atoms with Crippen molar-refractivity contribution < 1.29 is 18.9 Å². The van der Waals surface area contributed by atoms with Crippen molar-refractivity contribution in [3.63, 3.8) is 0 Å². The predicted molar refractivity (Wildman–Crippen MR) is 101 cm³/mol. The Morgan fingerprint density at radius 2 is 1.44 bits per heavy atom. The van der Waals surface area contributed by atoms with Gasteiger partial charge in [0.25, 0.3) is 0 Å². The molecule has 2 rings (SSSR count). The topological polar surface area (TPSA) is 36.9 Å². The molecule has 0 amide bonds. The van der Waals surface area contributed by atoms with Gasteiger partial charge in [-0.3, -0.25) is 0 Å². The number of unbranched alkanes of at least 4 members (excludes halogenated alkanes) is 1. The molecule has 0 aromatic heterocycles. The molecule has 0 aliphatic heterocycles. The fourth-order valence-electron chi connectivity index (χ4n) is 2.77. The SMILES string of the molecule is CCCCC(C)Oc1ccc(-c2c(OC)cc(OC)cc2OC)cc1. The van der Waals surface area contributed by atoms with Crippen molar-refractivity contribution in [2.24, 2.45) is 0 Å². The summed E-state index contributed by atoms with van der Waals surface area (Å²) in [5.74, 6) is 2.99. The van der Waals surface area contributed by atoms with Gasteiger partial charge in [0.1, 0.15) is 23.0 Å². The van der Waals surface area contributed by atoms with Crippen LogP contribution >= 0.6 is 0 Å². The largest absolute Gasteiger partial charge is 0.496 e. The van der Waals surface area contributed by atoms with Gasteiger partial charge >= 0.3 is 0 Å². The number of hydrogen-bond acceptors (Lipinski definition) is 4. The van der Waals surface area contributed by atoms with E-state index < -0.39 is 0 Å². The average molecular weight is 344 g/mol. The number of methoxy groups -OCH3 is 3. The van der Waals surface area contributed by atoms with Crippen LogP contribution in [0.2, 0.25) is 0 Å². The van der Waals surface area contributed by atoms with Crippen LogP contribution in [0, 0.1) is 0 Å². The monoisotopic (exact) mass is 344 g/mol. The van der Waals surface area contributed by atoms with Crippen LogP contribution in [0.3, 0.4) is 0 Å². The van der Waals surface area contributed by atoms with Crippen molar-refractivity contribution >= 4 is 0 Å². The second kappa shape index (κ2) is 9.21. The molecule has 0 spiro atoms. The highest BCUT2D eigenvalue weighted by atomic mass is 16.5. The highest BCUT2D eigenvalue weighted by molar-refractivity contribution is 5.78. The van der Waals surface area contributed by atoms with Crippen LogP contribution in [-0.4, -0.2) is 27.4 Å². The fraction of sp³-hybridized carbons (Fsp3) is 0.429. The molecule has 136 valence electrons. The van der Waals surface area contributed by atoms with Crippen molar-refractivity contribution in [1.82, 2.24) is 0 Å². The second-order valence-electron chi connectivity index (χ2n) is 6.00. The van der Waals surface area contributed by atoms with E-state index in [0.29, 0.717) is 17.2 Å². The quantitative estimate of drug-likeness (QED) is 0.615. The van der Waals surface area contributed by atoms with Crippen LogP contribution < -0.4 is 18.9 Å². The molecule has 0 fully saturated rings. The van der Waals surface area contributed by atoms with Crippen LogP contribution in [0.5, 0.6) is 23.0 Å². The highest BCUT2D eigenvalue weighted by Gasteiger charge is 2.15. The lowest BCUT2D eigenvalue weighted by atomic mass is 10.0. The first-order chi connectivity index (χ1) is 12.1. The number of benzene rings is 2. The Bertz CT molecular complexity index is 639. The first kappa shape index (κ1) is 19.0. The lowest BCUT2D eigenvalue weighted by Gasteiger charge is -2.17. The average Bonchev–Trinajstić information content (AvgIpc) is 2.65. The van der Waals surface area contributed by atoms with Crippen LogP contribution in [-0.2, 0) is 0 Å². The molecule has 0 saturated carbocycles. The van der Waals surface area contributed by atoms with Gasteiger partial charge in [-0.05, 0) is 31.0 Å². The Labute approximate surface area is 150 Å². The molecule has 0 bridgehead atoms.